The van der Waals surface area contributed by atoms with Crippen LogP contribution < -0.4 is 5.73 Å². The lowest BCUT2D eigenvalue weighted by atomic mass is 10.00. The van der Waals surface area contributed by atoms with E-state index in [1.165, 1.54) is 24.3 Å². The van der Waals surface area contributed by atoms with E-state index in [4.69, 9.17) is 5.73 Å². The molecule has 0 radical (unpaired) electrons. The Bertz CT molecular complexity index is 511. The van der Waals surface area contributed by atoms with Crippen LogP contribution in [0.2, 0.25) is 0 Å². The molecule has 3 nitrogen and oxygen atoms in total. The highest BCUT2D eigenvalue weighted by molar-refractivity contribution is 6.00. The normalized spacial score (nSPS) is 12.1. The second-order valence-electron chi connectivity index (χ2n) is 3.64. The van der Waals surface area contributed by atoms with E-state index in [1.807, 2.05) is 0 Å². The quantitative estimate of drug-likeness (QED) is 0.821. The molecule has 0 amide bonds. The van der Waals surface area contributed by atoms with Gasteiger partial charge in [-0.2, -0.15) is 0 Å². The van der Waals surface area contributed by atoms with E-state index < -0.39 is 6.04 Å². The van der Waals surface area contributed by atoms with Crippen molar-refractivity contribution in [3.63, 3.8) is 0 Å². The van der Waals surface area contributed by atoms with E-state index in [0.29, 0.717) is 11.1 Å². The molecule has 0 fully saturated rings. The fourth-order valence-corrected chi connectivity index (χ4v) is 1.51. The van der Waals surface area contributed by atoms with Crippen molar-refractivity contribution in [3.8, 4) is 0 Å². The number of benzene rings is 1. The zero-order valence-corrected chi connectivity index (χ0v) is 9.01. The van der Waals surface area contributed by atoms with Gasteiger partial charge in [-0.15, -0.1) is 0 Å². The molecule has 1 aromatic heterocycles. The Morgan fingerprint density at radius 2 is 1.94 bits per heavy atom. The van der Waals surface area contributed by atoms with Gasteiger partial charge in [-0.3, -0.25) is 9.78 Å². The summed E-state index contributed by atoms with van der Waals surface area (Å²) < 4.78 is 12.7. The molecular weight excluding hydrogens is 219 g/mol. The minimum Gasteiger partial charge on any atom is -0.317 e. The summed E-state index contributed by atoms with van der Waals surface area (Å²) in [4.78, 5) is 15.9. The molecule has 1 heterocycles. The van der Waals surface area contributed by atoms with Crippen LogP contribution in [0.5, 0.6) is 0 Å². The molecule has 0 bridgehead atoms. The van der Waals surface area contributed by atoms with Crippen LogP contribution in [0.4, 0.5) is 4.39 Å². The van der Waals surface area contributed by atoms with Crippen LogP contribution in [-0.2, 0) is 0 Å². The van der Waals surface area contributed by atoms with Crippen LogP contribution in [0.1, 0.15) is 22.0 Å². The van der Waals surface area contributed by atoms with E-state index >= 15 is 0 Å². The van der Waals surface area contributed by atoms with Gasteiger partial charge in [-0.1, -0.05) is 6.07 Å². The number of carbonyl (C=O) groups excluding carboxylic acids is 1. The first kappa shape index (κ1) is 11.4. The number of aromatic nitrogens is 1. The first-order valence-electron chi connectivity index (χ1n) is 5.14. The van der Waals surface area contributed by atoms with Crippen LogP contribution in [0.3, 0.4) is 0 Å². The van der Waals surface area contributed by atoms with Crippen molar-refractivity contribution in [2.75, 3.05) is 0 Å². The van der Waals surface area contributed by atoms with E-state index in [1.54, 1.807) is 24.5 Å². The van der Waals surface area contributed by atoms with E-state index in [0.717, 1.165) is 0 Å². The van der Waals surface area contributed by atoms with Crippen molar-refractivity contribution in [3.05, 3.63) is 65.7 Å². The molecule has 86 valence electrons. The highest BCUT2D eigenvalue weighted by Gasteiger charge is 2.17. The van der Waals surface area contributed by atoms with Gasteiger partial charge in [0.1, 0.15) is 5.82 Å². The van der Waals surface area contributed by atoms with Gasteiger partial charge in [0, 0.05) is 18.0 Å². The third kappa shape index (κ3) is 2.54. The molecule has 2 rings (SSSR count). The van der Waals surface area contributed by atoms with Crippen LogP contribution in [0.25, 0.3) is 0 Å². The van der Waals surface area contributed by atoms with Gasteiger partial charge >= 0.3 is 0 Å². The summed E-state index contributed by atoms with van der Waals surface area (Å²) in [6.07, 6.45) is 3.16. The molecule has 0 aliphatic carbocycles. The van der Waals surface area contributed by atoms with Crippen LogP contribution in [0, 0.1) is 5.82 Å². The Labute approximate surface area is 98.1 Å². The molecule has 2 N–H and O–H groups in total. The highest BCUT2D eigenvalue weighted by Crippen LogP contribution is 2.15. The average molecular weight is 230 g/mol. The maximum atomic E-state index is 12.7. The summed E-state index contributed by atoms with van der Waals surface area (Å²) in [5, 5.41) is 0. The molecular formula is C13H11FN2O. The standard InChI is InChI=1S/C13H11FN2O/c14-11-5-3-9(4-6-11)13(17)12(15)10-2-1-7-16-8-10/h1-8,12H,15H2. The zero-order valence-electron chi connectivity index (χ0n) is 9.01. The van der Waals surface area contributed by atoms with Crippen molar-refractivity contribution >= 4 is 5.78 Å². The molecule has 0 spiro atoms. The molecule has 1 atom stereocenters. The Morgan fingerprint density at radius 1 is 1.24 bits per heavy atom. The van der Waals surface area contributed by atoms with Gasteiger partial charge in [0.2, 0.25) is 0 Å². The van der Waals surface area contributed by atoms with Crippen LogP contribution >= 0.6 is 0 Å². The average Bonchev–Trinajstić information content (AvgIpc) is 2.39. The van der Waals surface area contributed by atoms with Gasteiger partial charge in [0.25, 0.3) is 0 Å². The Kier molecular flexibility index (Phi) is 3.25. The van der Waals surface area contributed by atoms with Crippen molar-refractivity contribution in [2.24, 2.45) is 5.73 Å². The zero-order chi connectivity index (χ0) is 12.3. The molecule has 0 saturated heterocycles. The number of Topliss-reactive ketones (excluding diaryl/α,β-unsaturated/α-hetero) is 1. The number of nitrogens with two attached hydrogens (primary N) is 1. The summed E-state index contributed by atoms with van der Waals surface area (Å²) in [7, 11) is 0. The molecule has 0 saturated carbocycles. The summed E-state index contributed by atoms with van der Waals surface area (Å²) in [6, 6.07) is 8.01. The lowest BCUT2D eigenvalue weighted by Crippen LogP contribution is -2.21. The number of hydrogen-bond donors (Lipinski definition) is 1. The minimum atomic E-state index is -0.769. The minimum absolute atomic E-state index is 0.252. The first-order valence-corrected chi connectivity index (χ1v) is 5.14. The maximum absolute atomic E-state index is 12.7. The molecule has 17 heavy (non-hydrogen) atoms. The molecule has 4 heteroatoms. The molecule has 0 aliphatic rings. The highest BCUT2D eigenvalue weighted by atomic mass is 19.1. The van der Waals surface area contributed by atoms with Gasteiger partial charge < -0.3 is 5.73 Å². The van der Waals surface area contributed by atoms with Crippen molar-refractivity contribution in [1.82, 2.24) is 4.98 Å². The summed E-state index contributed by atoms with van der Waals surface area (Å²) in [5.41, 5.74) is 6.86. The summed E-state index contributed by atoms with van der Waals surface area (Å²) in [6.45, 7) is 0. The predicted octanol–water partition coefficient (Wildman–Crippen LogP) is 2.10. The van der Waals surface area contributed by atoms with Crippen molar-refractivity contribution in [1.29, 1.82) is 0 Å². The van der Waals surface area contributed by atoms with Gasteiger partial charge in [-0.25, -0.2) is 4.39 Å². The summed E-state index contributed by atoms with van der Waals surface area (Å²) in [5.74, 6) is -0.630. The second-order valence-corrected chi connectivity index (χ2v) is 3.64. The fourth-order valence-electron chi connectivity index (χ4n) is 1.51. The number of carbonyl (C=O) groups is 1. The summed E-state index contributed by atoms with van der Waals surface area (Å²) >= 11 is 0. The molecule has 1 aromatic carbocycles. The number of nitrogens with zero attached hydrogens (tertiary/aromatic N) is 1. The molecule has 2 aromatic rings. The third-order valence-corrected chi connectivity index (χ3v) is 2.45. The number of hydrogen-bond acceptors (Lipinski definition) is 3. The number of ketones is 1. The Morgan fingerprint density at radius 3 is 2.53 bits per heavy atom. The number of rotatable bonds is 3. The molecule has 1 unspecified atom stereocenters. The third-order valence-electron chi connectivity index (χ3n) is 2.45. The fraction of sp³-hybridized carbons (Fsp3) is 0.0769. The van der Waals surface area contributed by atoms with Crippen LogP contribution in [0.15, 0.2) is 48.8 Å². The SMILES string of the molecule is NC(C(=O)c1ccc(F)cc1)c1cccnc1. The largest absolute Gasteiger partial charge is 0.317 e. The van der Waals surface area contributed by atoms with E-state index in [-0.39, 0.29) is 11.6 Å². The smallest absolute Gasteiger partial charge is 0.184 e. The maximum Gasteiger partial charge on any atom is 0.184 e. The molecule has 0 aliphatic heterocycles. The first-order chi connectivity index (χ1) is 8.18. The van der Waals surface area contributed by atoms with Gasteiger partial charge in [0.05, 0.1) is 6.04 Å². The van der Waals surface area contributed by atoms with Gasteiger partial charge in [0.15, 0.2) is 5.78 Å². The van der Waals surface area contributed by atoms with E-state index in [9.17, 15) is 9.18 Å². The van der Waals surface area contributed by atoms with Gasteiger partial charge in [-0.05, 0) is 35.9 Å². The number of halogens is 1. The lowest BCUT2D eigenvalue weighted by molar-refractivity contribution is 0.0961. The lowest BCUT2D eigenvalue weighted by Gasteiger charge is -2.10. The monoisotopic (exact) mass is 230 g/mol. The predicted molar refractivity (Wildman–Crippen MR) is 61.9 cm³/mol. The van der Waals surface area contributed by atoms with Crippen molar-refractivity contribution < 1.29 is 9.18 Å². The van der Waals surface area contributed by atoms with Crippen LogP contribution in [-0.4, -0.2) is 10.8 Å². The Hall–Kier alpha value is -2.07. The van der Waals surface area contributed by atoms with E-state index in [2.05, 4.69) is 4.98 Å². The Balaban J connectivity index is 2.23. The topological polar surface area (TPSA) is 56.0 Å². The van der Waals surface area contributed by atoms with Crippen molar-refractivity contribution in [2.45, 2.75) is 6.04 Å². The second kappa shape index (κ2) is 4.84. The number of pyridine rings is 1.